The van der Waals surface area contributed by atoms with Gasteiger partial charge in [0.1, 0.15) is 6.04 Å². The number of hydrogen-bond acceptors (Lipinski definition) is 2. The minimum absolute atomic E-state index is 0.0395. The van der Waals surface area contributed by atoms with Crippen molar-refractivity contribution in [3.8, 4) is 0 Å². The van der Waals surface area contributed by atoms with Crippen molar-refractivity contribution < 1.29 is 9.90 Å². The van der Waals surface area contributed by atoms with Gasteiger partial charge in [0, 0.05) is 0 Å². The van der Waals surface area contributed by atoms with Crippen LogP contribution in [0.25, 0.3) is 0 Å². The van der Waals surface area contributed by atoms with E-state index >= 15 is 0 Å². The van der Waals surface area contributed by atoms with E-state index in [1.807, 2.05) is 20.8 Å². The fourth-order valence-corrected chi connectivity index (χ4v) is 0.827. The highest BCUT2D eigenvalue weighted by molar-refractivity contribution is 5.73. The third kappa shape index (κ3) is 3.98. The monoisotopic (exact) mass is 159 g/mol. The topological polar surface area (TPSA) is 63.3 Å². The zero-order valence-electron chi connectivity index (χ0n) is 7.42. The van der Waals surface area contributed by atoms with Crippen molar-refractivity contribution in [3.63, 3.8) is 0 Å². The second-order valence-corrected chi connectivity index (χ2v) is 3.67. The number of aliphatic carboxylic acids is 1. The van der Waals surface area contributed by atoms with E-state index in [2.05, 4.69) is 0 Å². The van der Waals surface area contributed by atoms with Gasteiger partial charge in [0.15, 0.2) is 0 Å². The molecule has 0 saturated heterocycles. The molecule has 0 aromatic carbocycles. The maximum absolute atomic E-state index is 10.4. The Morgan fingerprint density at radius 1 is 1.64 bits per heavy atom. The molecular formula is C8H17NO2. The number of carboxylic acid groups (broad SMARTS) is 1. The molecular weight excluding hydrogens is 142 g/mol. The summed E-state index contributed by atoms with van der Waals surface area (Å²) in [5.74, 6) is -0.911. The molecule has 0 bridgehead atoms. The van der Waals surface area contributed by atoms with Crippen LogP contribution in [0, 0.1) is 5.41 Å². The fraction of sp³-hybridized carbons (Fsp3) is 0.875. The first-order chi connectivity index (χ1) is 4.89. The third-order valence-electron chi connectivity index (χ3n) is 2.05. The molecule has 0 heterocycles. The molecule has 66 valence electrons. The predicted octanol–water partition coefficient (Wildman–Crippen LogP) is 1.22. The molecule has 0 spiro atoms. The van der Waals surface area contributed by atoms with Gasteiger partial charge in [-0.25, -0.2) is 0 Å². The number of rotatable bonds is 4. The second kappa shape index (κ2) is 3.72. The summed E-state index contributed by atoms with van der Waals surface area (Å²) in [4.78, 5) is 10.4. The smallest absolute Gasteiger partial charge is 0.320 e. The summed E-state index contributed by atoms with van der Waals surface area (Å²) in [5, 5.41) is 8.52. The lowest BCUT2D eigenvalue weighted by Gasteiger charge is -2.24. The van der Waals surface area contributed by atoms with E-state index in [0.717, 1.165) is 6.42 Å². The minimum Gasteiger partial charge on any atom is -0.480 e. The van der Waals surface area contributed by atoms with E-state index < -0.39 is 12.0 Å². The van der Waals surface area contributed by atoms with Crippen molar-refractivity contribution in [1.29, 1.82) is 0 Å². The van der Waals surface area contributed by atoms with Crippen molar-refractivity contribution >= 4 is 5.97 Å². The molecule has 0 radical (unpaired) electrons. The molecule has 0 aromatic heterocycles. The van der Waals surface area contributed by atoms with Crippen LogP contribution in [0.4, 0.5) is 0 Å². The molecule has 0 rings (SSSR count). The maximum Gasteiger partial charge on any atom is 0.320 e. The highest BCUT2D eigenvalue weighted by atomic mass is 16.4. The van der Waals surface area contributed by atoms with Crippen molar-refractivity contribution in [2.45, 2.75) is 39.7 Å². The Kier molecular flexibility index (Phi) is 3.52. The van der Waals surface area contributed by atoms with Gasteiger partial charge in [0.2, 0.25) is 0 Å². The molecule has 0 aliphatic carbocycles. The Labute approximate surface area is 67.6 Å². The van der Waals surface area contributed by atoms with Gasteiger partial charge in [-0.2, -0.15) is 0 Å². The Balaban J connectivity index is 3.93. The summed E-state index contributed by atoms with van der Waals surface area (Å²) >= 11 is 0. The lowest BCUT2D eigenvalue weighted by molar-refractivity contribution is -0.139. The van der Waals surface area contributed by atoms with Crippen LogP contribution >= 0.6 is 0 Å². The van der Waals surface area contributed by atoms with Gasteiger partial charge < -0.3 is 10.8 Å². The Hall–Kier alpha value is -0.570. The standard InChI is InChI=1S/C8H17NO2/c1-4-8(2,3)5-6(9)7(10)11/h6H,4-5,9H2,1-3H3,(H,10,11)/t6-/m1/s1. The van der Waals surface area contributed by atoms with Gasteiger partial charge in [0.25, 0.3) is 0 Å². The average molecular weight is 159 g/mol. The summed E-state index contributed by atoms with van der Waals surface area (Å²) in [5.41, 5.74) is 5.42. The van der Waals surface area contributed by atoms with Crippen LogP contribution in [0.3, 0.4) is 0 Å². The summed E-state index contributed by atoms with van der Waals surface area (Å²) < 4.78 is 0. The molecule has 0 aliphatic rings. The van der Waals surface area contributed by atoms with Crippen LogP contribution in [-0.4, -0.2) is 17.1 Å². The van der Waals surface area contributed by atoms with Crippen LogP contribution in [0.5, 0.6) is 0 Å². The number of hydrogen-bond donors (Lipinski definition) is 2. The first kappa shape index (κ1) is 10.4. The van der Waals surface area contributed by atoms with Crippen molar-refractivity contribution in [2.75, 3.05) is 0 Å². The van der Waals surface area contributed by atoms with Crippen LogP contribution in [-0.2, 0) is 4.79 Å². The zero-order chi connectivity index (χ0) is 9.07. The zero-order valence-corrected chi connectivity index (χ0v) is 7.42. The average Bonchev–Trinajstić information content (AvgIpc) is 1.87. The minimum atomic E-state index is -0.911. The number of carboxylic acids is 1. The van der Waals surface area contributed by atoms with Gasteiger partial charge in [-0.1, -0.05) is 27.2 Å². The Bertz CT molecular complexity index is 143. The largest absolute Gasteiger partial charge is 0.480 e. The van der Waals surface area contributed by atoms with Crippen molar-refractivity contribution in [1.82, 2.24) is 0 Å². The number of nitrogens with two attached hydrogens (primary N) is 1. The molecule has 3 N–H and O–H groups in total. The van der Waals surface area contributed by atoms with Crippen LogP contribution in [0.2, 0.25) is 0 Å². The van der Waals surface area contributed by atoms with Gasteiger partial charge in [-0.05, 0) is 11.8 Å². The molecule has 3 heteroatoms. The second-order valence-electron chi connectivity index (χ2n) is 3.67. The van der Waals surface area contributed by atoms with Crippen LogP contribution in [0.1, 0.15) is 33.6 Å². The molecule has 1 atom stereocenters. The van der Waals surface area contributed by atoms with Gasteiger partial charge in [0.05, 0.1) is 0 Å². The molecule has 0 saturated carbocycles. The van der Waals surface area contributed by atoms with E-state index in [-0.39, 0.29) is 5.41 Å². The molecule has 0 amide bonds. The summed E-state index contributed by atoms with van der Waals surface area (Å²) in [6.45, 7) is 6.08. The fourth-order valence-electron chi connectivity index (χ4n) is 0.827. The van der Waals surface area contributed by atoms with E-state index in [1.165, 1.54) is 0 Å². The Morgan fingerprint density at radius 3 is 2.36 bits per heavy atom. The van der Waals surface area contributed by atoms with Crippen molar-refractivity contribution in [3.05, 3.63) is 0 Å². The van der Waals surface area contributed by atoms with Crippen LogP contribution < -0.4 is 5.73 Å². The van der Waals surface area contributed by atoms with Crippen LogP contribution in [0.15, 0.2) is 0 Å². The predicted molar refractivity (Wildman–Crippen MR) is 44.3 cm³/mol. The Morgan fingerprint density at radius 2 is 2.09 bits per heavy atom. The summed E-state index contributed by atoms with van der Waals surface area (Å²) in [6, 6.07) is -0.718. The first-order valence-electron chi connectivity index (χ1n) is 3.87. The van der Waals surface area contributed by atoms with Crippen molar-refractivity contribution in [2.24, 2.45) is 11.1 Å². The highest BCUT2D eigenvalue weighted by Crippen LogP contribution is 2.25. The molecule has 0 aliphatic heterocycles. The molecule has 0 unspecified atom stereocenters. The highest BCUT2D eigenvalue weighted by Gasteiger charge is 2.22. The number of carbonyl (C=O) groups is 1. The first-order valence-corrected chi connectivity index (χ1v) is 3.87. The summed E-state index contributed by atoms with van der Waals surface area (Å²) in [6.07, 6.45) is 1.49. The van der Waals surface area contributed by atoms with Gasteiger partial charge >= 0.3 is 5.97 Å². The van der Waals surface area contributed by atoms with E-state index in [0.29, 0.717) is 6.42 Å². The summed E-state index contributed by atoms with van der Waals surface area (Å²) in [7, 11) is 0. The maximum atomic E-state index is 10.4. The van der Waals surface area contributed by atoms with Gasteiger partial charge in [-0.3, -0.25) is 4.79 Å². The molecule has 11 heavy (non-hydrogen) atoms. The molecule has 3 nitrogen and oxygen atoms in total. The van der Waals surface area contributed by atoms with E-state index in [9.17, 15) is 4.79 Å². The molecule has 0 aromatic rings. The van der Waals surface area contributed by atoms with Gasteiger partial charge in [-0.15, -0.1) is 0 Å². The lowest BCUT2D eigenvalue weighted by atomic mass is 9.83. The third-order valence-corrected chi connectivity index (χ3v) is 2.05. The lowest BCUT2D eigenvalue weighted by Crippen LogP contribution is -2.34. The van der Waals surface area contributed by atoms with E-state index in [1.54, 1.807) is 0 Å². The quantitative estimate of drug-likeness (QED) is 0.648. The molecule has 0 fully saturated rings. The normalized spacial score (nSPS) is 14.5. The van der Waals surface area contributed by atoms with E-state index in [4.69, 9.17) is 10.8 Å². The SMILES string of the molecule is CCC(C)(C)C[C@@H](N)C(=O)O.